The molecule has 4 rings (SSSR count). The Morgan fingerprint density at radius 2 is 1.79 bits per heavy atom. The molecular weight excluding hydrogens is 364 g/mol. The fourth-order valence-electron chi connectivity index (χ4n) is 2.99. The highest BCUT2D eigenvalue weighted by Gasteiger charge is 2.13. The SMILES string of the molecule is COc1ccc(N=Cc2c(Nc3ccccc3)nc3c(C)cccn3c2=O)cc1. The van der Waals surface area contributed by atoms with Crippen LogP contribution < -0.4 is 15.6 Å². The molecular formula is C23H20N4O2. The molecule has 6 nitrogen and oxygen atoms in total. The molecule has 6 heteroatoms. The van der Waals surface area contributed by atoms with Crippen LogP contribution >= 0.6 is 0 Å². The Kier molecular flexibility index (Phi) is 5.07. The quantitative estimate of drug-likeness (QED) is 0.514. The normalized spacial score (nSPS) is 11.1. The van der Waals surface area contributed by atoms with Crippen LogP contribution in [0.5, 0.6) is 5.75 Å². The lowest BCUT2D eigenvalue weighted by atomic mass is 10.2. The zero-order valence-corrected chi connectivity index (χ0v) is 16.2. The van der Waals surface area contributed by atoms with Gasteiger partial charge in [-0.15, -0.1) is 0 Å². The lowest BCUT2D eigenvalue weighted by molar-refractivity contribution is 0.415. The molecule has 29 heavy (non-hydrogen) atoms. The van der Waals surface area contributed by atoms with Crippen LogP contribution in [-0.4, -0.2) is 22.7 Å². The van der Waals surface area contributed by atoms with Crippen molar-refractivity contribution in [2.24, 2.45) is 4.99 Å². The molecule has 0 amide bonds. The maximum atomic E-state index is 13.2. The molecule has 0 saturated heterocycles. The molecule has 2 heterocycles. The predicted octanol–water partition coefficient (Wildman–Crippen LogP) is 4.51. The van der Waals surface area contributed by atoms with Crippen molar-refractivity contribution in [3.8, 4) is 5.75 Å². The molecule has 0 radical (unpaired) electrons. The number of ether oxygens (including phenoxy) is 1. The van der Waals surface area contributed by atoms with Crippen molar-refractivity contribution in [1.29, 1.82) is 0 Å². The zero-order chi connectivity index (χ0) is 20.2. The second-order valence-corrected chi connectivity index (χ2v) is 6.51. The molecule has 0 bridgehead atoms. The third kappa shape index (κ3) is 3.87. The minimum absolute atomic E-state index is 0.186. The summed E-state index contributed by atoms with van der Waals surface area (Å²) in [6, 6.07) is 20.7. The van der Waals surface area contributed by atoms with Gasteiger partial charge in [-0.1, -0.05) is 24.3 Å². The number of para-hydroxylation sites is 1. The molecule has 2 aromatic heterocycles. The van der Waals surface area contributed by atoms with E-state index in [1.54, 1.807) is 23.9 Å². The van der Waals surface area contributed by atoms with Crippen molar-refractivity contribution in [1.82, 2.24) is 9.38 Å². The summed E-state index contributed by atoms with van der Waals surface area (Å²) < 4.78 is 6.71. The first-order valence-electron chi connectivity index (χ1n) is 9.18. The van der Waals surface area contributed by atoms with Crippen LogP contribution in [-0.2, 0) is 0 Å². The number of benzene rings is 2. The molecule has 0 aliphatic heterocycles. The minimum Gasteiger partial charge on any atom is -0.497 e. The van der Waals surface area contributed by atoms with E-state index in [0.29, 0.717) is 22.7 Å². The van der Waals surface area contributed by atoms with Gasteiger partial charge in [0.25, 0.3) is 5.56 Å². The van der Waals surface area contributed by atoms with Gasteiger partial charge in [-0.05, 0) is 55.0 Å². The van der Waals surface area contributed by atoms with Crippen LogP contribution in [0, 0.1) is 6.92 Å². The van der Waals surface area contributed by atoms with E-state index in [1.807, 2.05) is 73.7 Å². The van der Waals surface area contributed by atoms with Gasteiger partial charge in [-0.25, -0.2) is 4.98 Å². The van der Waals surface area contributed by atoms with E-state index >= 15 is 0 Å². The van der Waals surface area contributed by atoms with Gasteiger partial charge in [0.1, 0.15) is 22.8 Å². The number of aryl methyl sites for hydroxylation is 1. The van der Waals surface area contributed by atoms with E-state index in [1.165, 1.54) is 0 Å². The van der Waals surface area contributed by atoms with Crippen LogP contribution in [0.2, 0.25) is 0 Å². The third-order valence-corrected chi connectivity index (χ3v) is 4.54. The van der Waals surface area contributed by atoms with Gasteiger partial charge in [0.05, 0.1) is 12.8 Å². The molecule has 2 aromatic carbocycles. The van der Waals surface area contributed by atoms with E-state index in [9.17, 15) is 4.79 Å². The zero-order valence-electron chi connectivity index (χ0n) is 16.2. The van der Waals surface area contributed by atoms with E-state index in [0.717, 1.165) is 17.0 Å². The van der Waals surface area contributed by atoms with Crippen LogP contribution in [0.25, 0.3) is 5.65 Å². The fourth-order valence-corrected chi connectivity index (χ4v) is 2.99. The highest BCUT2D eigenvalue weighted by Crippen LogP contribution is 2.20. The Hall–Kier alpha value is -3.93. The summed E-state index contributed by atoms with van der Waals surface area (Å²) in [4.78, 5) is 22.4. The number of nitrogens with one attached hydrogen (secondary N) is 1. The topological polar surface area (TPSA) is 68.0 Å². The van der Waals surface area contributed by atoms with Crippen LogP contribution in [0.1, 0.15) is 11.1 Å². The van der Waals surface area contributed by atoms with E-state index in [-0.39, 0.29) is 5.56 Å². The second kappa shape index (κ2) is 7.98. The first-order valence-corrected chi connectivity index (χ1v) is 9.18. The molecule has 0 spiro atoms. The van der Waals surface area contributed by atoms with Crippen LogP contribution in [0.15, 0.2) is 82.7 Å². The number of rotatable bonds is 5. The van der Waals surface area contributed by atoms with Gasteiger partial charge in [0.2, 0.25) is 0 Å². The van der Waals surface area contributed by atoms with Crippen molar-refractivity contribution >= 4 is 29.1 Å². The van der Waals surface area contributed by atoms with E-state index in [4.69, 9.17) is 9.72 Å². The van der Waals surface area contributed by atoms with E-state index in [2.05, 4.69) is 10.3 Å². The van der Waals surface area contributed by atoms with Crippen LogP contribution in [0.4, 0.5) is 17.2 Å². The Morgan fingerprint density at radius 3 is 2.52 bits per heavy atom. The van der Waals surface area contributed by atoms with Crippen molar-refractivity contribution in [3.63, 3.8) is 0 Å². The van der Waals surface area contributed by atoms with Gasteiger partial charge in [-0.3, -0.25) is 14.2 Å². The minimum atomic E-state index is -0.186. The summed E-state index contributed by atoms with van der Waals surface area (Å²) in [6.45, 7) is 1.93. The summed E-state index contributed by atoms with van der Waals surface area (Å²) in [6.07, 6.45) is 3.27. The number of fused-ring (bicyclic) bond motifs is 1. The van der Waals surface area contributed by atoms with Crippen molar-refractivity contribution in [2.45, 2.75) is 6.92 Å². The Balaban J connectivity index is 1.83. The van der Waals surface area contributed by atoms with Crippen molar-refractivity contribution in [2.75, 3.05) is 12.4 Å². The second-order valence-electron chi connectivity index (χ2n) is 6.51. The lowest BCUT2D eigenvalue weighted by Gasteiger charge is -2.11. The Labute approximate surface area is 168 Å². The lowest BCUT2D eigenvalue weighted by Crippen LogP contribution is -2.22. The van der Waals surface area contributed by atoms with Gasteiger partial charge in [0.15, 0.2) is 0 Å². The number of hydrogen-bond acceptors (Lipinski definition) is 5. The van der Waals surface area contributed by atoms with Crippen LogP contribution in [0.3, 0.4) is 0 Å². The number of nitrogens with zero attached hydrogens (tertiary/aromatic N) is 3. The third-order valence-electron chi connectivity index (χ3n) is 4.54. The predicted molar refractivity (Wildman–Crippen MR) is 116 cm³/mol. The number of aromatic nitrogens is 2. The Morgan fingerprint density at radius 1 is 1.03 bits per heavy atom. The number of methoxy groups -OCH3 is 1. The Bertz CT molecular complexity index is 1230. The molecule has 0 aliphatic carbocycles. The molecule has 0 fully saturated rings. The van der Waals surface area contributed by atoms with Gasteiger partial charge in [-0.2, -0.15) is 0 Å². The molecule has 0 saturated carbocycles. The summed E-state index contributed by atoms with van der Waals surface area (Å²) in [7, 11) is 1.61. The number of hydrogen-bond donors (Lipinski definition) is 1. The maximum Gasteiger partial charge on any atom is 0.268 e. The standard InChI is InChI=1S/C23H20N4O2/c1-16-7-6-14-27-22(16)26-21(25-18-8-4-3-5-9-18)20(23(27)28)15-24-17-10-12-19(29-2)13-11-17/h3-15,25H,1-2H3. The van der Waals surface area contributed by atoms with Crippen molar-refractivity contribution in [3.05, 3.63) is 94.4 Å². The van der Waals surface area contributed by atoms with Crippen molar-refractivity contribution < 1.29 is 4.74 Å². The van der Waals surface area contributed by atoms with Gasteiger partial charge < -0.3 is 10.1 Å². The van der Waals surface area contributed by atoms with Gasteiger partial charge in [0, 0.05) is 18.1 Å². The van der Waals surface area contributed by atoms with E-state index < -0.39 is 0 Å². The highest BCUT2D eigenvalue weighted by atomic mass is 16.5. The first-order chi connectivity index (χ1) is 14.2. The number of aliphatic imine (C=N–C) groups is 1. The number of anilines is 2. The monoisotopic (exact) mass is 384 g/mol. The largest absolute Gasteiger partial charge is 0.497 e. The molecule has 144 valence electrons. The average molecular weight is 384 g/mol. The molecule has 0 aliphatic rings. The molecule has 1 N–H and O–H groups in total. The smallest absolute Gasteiger partial charge is 0.268 e. The molecule has 0 atom stereocenters. The average Bonchev–Trinajstić information content (AvgIpc) is 2.75. The summed E-state index contributed by atoms with van der Waals surface area (Å²) in [5.41, 5.74) is 3.28. The molecule has 0 unspecified atom stereocenters. The van der Waals surface area contributed by atoms with Gasteiger partial charge >= 0.3 is 0 Å². The molecule has 4 aromatic rings. The summed E-state index contributed by atoms with van der Waals surface area (Å²) in [5.74, 6) is 1.21. The first kappa shape index (κ1) is 18.4. The fraction of sp³-hybridized carbons (Fsp3) is 0.0870. The number of pyridine rings is 1. The highest BCUT2D eigenvalue weighted by molar-refractivity contribution is 5.89. The maximum absolute atomic E-state index is 13.2. The summed E-state index contributed by atoms with van der Waals surface area (Å²) in [5, 5.41) is 3.25. The summed E-state index contributed by atoms with van der Waals surface area (Å²) >= 11 is 0.